The molecular weight excluding hydrogens is 392 g/mol. The van der Waals surface area contributed by atoms with E-state index in [1.54, 1.807) is 0 Å². The van der Waals surface area contributed by atoms with Gasteiger partial charge < -0.3 is 4.74 Å². The number of benzene rings is 2. The molecule has 5 rings (SSSR count). The van der Waals surface area contributed by atoms with Crippen LogP contribution in [0.3, 0.4) is 0 Å². The minimum absolute atomic E-state index is 0.193. The molecule has 152 valence electrons. The first-order valence-electron chi connectivity index (χ1n) is 10.4. The second-order valence-corrected chi connectivity index (χ2v) is 9.91. The third-order valence-corrected chi connectivity index (χ3v) is 6.10. The van der Waals surface area contributed by atoms with Gasteiger partial charge in [-0.3, -0.25) is 9.98 Å². The van der Waals surface area contributed by atoms with Crippen LogP contribution in [0, 0.1) is 0 Å². The van der Waals surface area contributed by atoms with E-state index >= 15 is 0 Å². The zero-order chi connectivity index (χ0) is 21.1. The molecule has 0 unspecified atom stereocenters. The highest BCUT2D eigenvalue weighted by Crippen LogP contribution is 2.46. The van der Waals surface area contributed by atoms with Gasteiger partial charge in [0.05, 0.1) is 16.3 Å². The van der Waals surface area contributed by atoms with Crippen LogP contribution in [-0.4, -0.2) is 21.8 Å². The standard InChI is InChI=1S/C26H25ClN2O/c1-25(2)14-19-13-21(27)24-20(15-26(3,4)30-24)22(19)23(29-25)18-7-5-6-17(12-18)16-8-10-28-11-9-16/h5-13H,14-15H2,1-4H3. The minimum Gasteiger partial charge on any atom is -0.486 e. The molecule has 0 atom stereocenters. The van der Waals surface area contributed by atoms with E-state index in [9.17, 15) is 0 Å². The largest absolute Gasteiger partial charge is 0.486 e. The number of fused-ring (bicyclic) bond motifs is 3. The van der Waals surface area contributed by atoms with Gasteiger partial charge in [0, 0.05) is 35.5 Å². The van der Waals surface area contributed by atoms with Crippen molar-refractivity contribution in [2.75, 3.05) is 0 Å². The van der Waals surface area contributed by atoms with E-state index in [4.69, 9.17) is 21.3 Å². The summed E-state index contributed by atoms with van der Waals surface area (Å²) < 4.78 is 6.23. The summed E-state index contributed by atoms with van der Waals surface area (Å²) in [7, 11) is 0. The predicted octanol–water partition coefficient (Wildman–Crippen LogP) is 6.29. The fourth-order valence-electron chi connectivity index (χ4n) is 4.66. The fourth-order valence-corrected chi connectivity index (χ4v) is 4.94. The van der Waals surface area contributed by atoms with Gasteiger partial charge in [0.1, 0.15) is 11.4 Å². The molecule has 1 aromatic heterocycles. The van der Waals surface area contributed by atoms with Crippen molar-refractivity contribution >= 4 is 17.3 Å². The van der Waals surface area contributed by atoms with E-state index in [1.165, 1.54) is 16.7 Å². The molecule has 2 aromatic carbocycles. The summed E-state index contributed by atoms with van der Waals surface area (Å²) >= 11 is 6.66. The molecule has 3 heterocycles. The molecular formula is C26H25ClN2O. The Morgan fingerprint density at radius 1 is 0.900 bits per heavy atom. The molecule has 0 radical (unpaired) electrons. The van der Waals surface area contributed by atoms with Crippen molar-refractivity contribution in [3.05, 3.63) is 82.1 Å². The maximum atomic E-state index is 6.66. The van der Waals surface area contributed by atoms with Crippen molar-refractivity contribution < 1.29 is 4.74 Å². The van der Waals surface area contributed by atoms with Crippen molar-refractivity contribution in [3.8, 4) is 16.9 Å². The first-order chi connectivity index (χ1) is 14.2. The normalized spacial score (nSPS) is 18.2. The van der Waals surface area contributed by atoms with Gasteiger partial charge in [-0.25, -0.2) is 0 Å². The van der Waals surface area contributed by atoms with Gasteiger partial charge >= 0.3 is 0 Å². The van der Waals surface area contributed by atoms with Gasteiger partial charge in [0.15, 0.2) is 0 Å². The lowest BCUT2D eigenvalue weighted by molar-refractivity contribution is 0.138. The number of hydrogen-bond acceptors (Lipinski definition) is 3. The molecule has 30 heavy (non-hydrogen) atoms. The van der Waals surface area contributed by atoms with Crippen molar-refractivity contribution in [1.29, 1.82) is 0 Å². The highest BCUT2D eigenvalue weighted by molar-refractivity contribution is 6.33. The third kappa shape index (κ3) is 3.31. The first-order valence-corrected chi connectivity index (χ1v) is 10.7. The summed E-state index contributed by atoms with van der Waals surface area (Å²) in [6.45, 7) is 8.60. The highest BCUT2D eigenvalue weighted by Gasteiger charge is 2.39. The molecule has 2 aliphatic heterocycles. The van der Waals surface area contributed by atoms with Crippen molar-refractivity contribution in [2.45, 2.75) is 51.7 Å². The van der Waals surface area contributed by atoms with Crippen LogP contribution in [0.5, 0.6) is 5.75 Å². The van der Waals surface area contributed by atoms with E-state index < -0.39 is 0 Å². The van der Waals surface area contributed by atoms with Crippen molar-refractivity contribution in [2.24, 2.45) is 4.99 Å². The summed E-state index contributed by atoms with van der Waals surface area (Å²) in [4.78, 5) is 9.36. The number of pyridine rings is 1. The van der Waals surface area contributed by atoms with Crippen molar-refractivity contribution in [3.63, 3.8) is 0 Å². The zero-order valence-electron chi connectivity index (χ0n) is 17.8. The van der Waals surface area contributed by atoms with Gasteiger partial charge in [0.25, 0.3) is 0 Å². The maximum Gasteiger partial charge on any atom is 0.142 e. The Labute approximate surface area is 182 Å². The summed E-state index contributed by atoms with van der Waals surface area (Å²) in [6, 6.07) is 14.8. The van der Waals surface area contributed by atoms with Gasteiger partial charge in [-0.2, -0.15) is 0 Å². The van der Waals surface area contributed by atoms with Crippen LogP contribution < -0.4 is 4.74 Å². The Morgan fingerprint density at radius 3 is 2.40 bits per heavy atom. The predicted molar refractivity (Wildman–Crippen MR) is 123 cm³/mol. The molecule has 3 aromatic rings. The molecule has 0 saturated heterocycles. The number of hydrogen-bond donors (Lipinski definition) is 0. The Hall–Kier alpha value is -2.65. The molecule has 2 aliphatic rings. The van der Waals surface area contributed by atoms with Crippen LogP contribution in [0.25, 0.3) is 11.1 Å². The average Bonchev–Trinajstić information content (AvgIpc) is 3.03. The summed E-state index contributed by atoms with van der Waals surface area (Å²) in [5.41, 5.74) is 7.64. The number of nitrogens with zero attached hydrogens (tertiary/aromatic N) is 2. The number of ether oxygens (including phenoxy) is 1. The topological polar surface area (TPSA) is 34.5 Å². The molecule has 0 saturated carbocycles. The van der Waals surface area contributed by atoms with Crippen LogP contribution in [0.2, 0.25) is 5.02 Å². The number of aromatic nitrogens is 1. The third-order valence-electron chi connectivity index (χ3n) is 5.82. The lowest BCUT2D eigenvalue weighted by atomic mass is 9.81. The monoisotopic (exact) mass is 416 g/mol. The van der Waals surface area contributed by atoms with E-state index in [0.29, 0.717) is 5.02 Å². The summed E-state index contributed by atoms with van der Waals surface area (Å²) in [5, 5.41) is 0.705. The van der Waals surface area contributed by atoms with Crippen LogP contribution in [0.15, 0.2) is 59.9 Å². The van der Waals surface area contributed by atoms with Crippen LogP contribution in [0.1, 0.15) is 49.9 Å². The smallest absolute Gasteiger partial charge is 0.142 e. The van der Waals surface area contributed by atoms with E-state index in [1.807, 2.05) is 24.5 Å². The Balaban J connectivity index is 1.71. The minimum atomic E-state index is -0.266. The van der Waals surface area contributed by atoms with Crippen LogP contribution in [-0.2, 0) is 12.8 Å². The van der Waals surface area contributed by atoms with Gasteiger partial charge in [-0.05, 0) is 75.1 Å². The molecule has 0 aliphatic carbocycles. The van der Waals surface area contributed by atoms with Gasteiger partial charge in [-0.15, -0.1) is 0 Å². The van der Waals surface area contributed by atoms with Crippen molar-refractivity contribution in [1.82, 2.24) is 4.98 Å². The maximum absolute atomic E-state index is 6.66. The molecule has 3 nitrogen and oxygen atoms in total. The molecule has 0 spiro atoms. The average molecular weight is 417 g/mol. The second kappa shape index (κ2) is 6.68. The molecule has 0 bridgehead atoms. The summed E-state index contributed by atoms with van der Waals surface area (Å²) in [5.74, 6) is 0.818. The fraction of sp³-hybridized carbons (Fsp3) is 0.308. The van der Waals surface area contributed by atoms with Gasteiger partial charge in [0.2, 0.25) is 0 Å². The second-order valence-electron chi connectivity index (χ2n) is 9.51. The Morgan fingerprint density at radius 2 is 1.63 bits per heavy atom. The molecule has 0 fully saturated rings. The first kappa shape index (κ1) is 19.3. The lowest BCUT2D eigenvalue weighted by Gasteiger charge is -2.31. The summed E-state index contributed by atoms with van der Waals surface area (Å²) in [6.07, 6.45) is 5.34. The van der Waals surface area contributed by atoms with E-state index in [2.05, 4.69) is 63.0 Å². The van der Waals surface area contributed by atoms with E-state index in [-0.39, 0.29) is 11.1 Å². The molecule has 0 N–H and O–H groups in total. The highest BCUT2D eigenvalue weighted by atomic mass is 35.5. The molecule has 0 amide bonds. The lowest BCUT2D eigenvalue weighted by Crippen LogP contribution is -2.30. The SMILES string of the molecule is CC1(C)Cc2cc(Cl)c3c(c2C(c2cccc(-c4ccncc4)c2)=N1)CC(C)(C)O3. The molecule has 4 heteroatoms. The number of rotatable bonds is 2. The quantitative estimate of drug-likeness (QED) is 0.492. The zero-order valence-corrected chi connectivity index (χ0v) is 18.5. The number of halogens is 1. The number of aliphatic imine (C=N–C) groups is 1. The van der Waals surface area contributed by atoms with Gasteiger partial charge in [-0.1, -0.05) is 29.8 Å². The Kier molecular flexibility index (Phi) is 4.30. The van der Waals surface area contributed by atoms with E-state index in [0.717, 1.165) is 41.0 Å². The van der Waals surface area contributed by atoms with Crippen LogP contribution >= 0.6 is 11.6 Å². The van der Waals surface area contributed by atoms with Crippen LogP contribution in [0.4, 0.5) is 0 Å². The Bertz CT molecular complexity index is 1180.